The molecule has 1 saturated heterocycles. The summed E-state index contributed by atoms with van der Waals surface area (Å²) in [6.45, 7) is 4.94. The van der Waals surface area contributed by atoms with Gasteiger partial charge in [0.25, 0.3) is 0 Å². The Kier molecular flexibility index (Phi) is 7.82. The Morgan fingerprint density at radius 3 is 2.86 bits per heavy atom. The van der Waals surface area contributed by atoms with Crippen LogP contribution in [0.3, 0.4) is 0 Å². The number of nitrogens with zero attached hydrogens (tertiary/aromatic N) is 3. The van der Waals surface area contributed by atoms with E-state index in [-0.39, 0.29) is 29.5 Å². The zero-order chi connectivity index (χ0) is 24.9. The molecule has 9 nitrogen and oxygen atoms in total. The quantitative estimate of drug-likeness (QED) is 0.484. The van der Waals surface area contributed by atoms with Crippen LogP contribution in [0, 0.1) is 12.7 Å². The van der Waals surface area contributed by atoms with Crippen molar-refractivity contribution in [2.75, 3.05) is 32.2 Å². The van der Waals surface area contributed by atoms with Crippen molar-refractivity contribution in [2.24, 2.45) is 0 Å². The van der Waals surface area contributed by atoms with Gasteiger partial charge in [-0.2, -0.15) is 0 Å². The van der Waals surface area contributed by atoms with Crippen molar-refractivity contribution in [1.82, 2.24) is 14.4 Å². The second kappa shape index (κ2) is 11.0. The number of anilines is 1. The molecule has 1 aliphatic heterocycles. The predicted octanol–water partition coefficient (Wildman–Crippen LogP) is 4.46. The third-order valence-electron chi connectivity index (χ3n) is 6.21. The monoisotopic (exact) mass is 486 g/mol. The average Bonchev–Trinajstić information content (AvgIpc) is 3.24. The Bertz CT molecular complexity index is 1190. The van der Waals surface area contributed by atoms with E-state index in [1.807, 2.05) is 17.5 Å². The van der Waals surface area contributed by atoms with E-state index in [0.717, 1.165) is 29.9 Å². The van der Waals surface area contributed by atoms with E-state index in [1.54, 1.807) is 13.1 Å². The molecule has 2 N–H and O–H groups in total. The lowest BCUT2D eigenvalue weighted by Gasteiger charge is -2.20. The number of amides is 1. The first-order chi connectivity index (χ1) is 16.9. The predicted molar refractivity (Wildman–Crippen MR) is 128 cm³/mol. The van der Waals surface area contributed by atoms with Crippen LogP contribution in [-0.4, -0.2) is 58.6 Å². The molecule has 4 rings (SSSR count). The summed E-state index contributed by atoms with van der Waals surface area (Å²) in [6, 6.07) is 2.74. The minimum absolute atomic E-state index is 0.0176. The molecule has 3 heterocycles. The second-order valence-corrected chi connectivity index (χ2v) is 8.68. The van der Waals surface area contributed by atoms with E-state index in [1.165, 1.54) is 19.2 Å². The van der Waals surface area contributed by atoms with Gasteiger partial charge in [-0.05, 0) is 45.6 Å². The number of aryl methyl sites for hydroxylation is 1. The smallest absolute Gasteiger partial charge is 0.412 e. The number of fused-ring (bicyclic) bond motifs is 1. The molecule has 0 spiro atoms. The van der Waals surface area contributed by atoms with Crippen LogP contribution in [-0.2, 0) is 9.47 Å². The molecule has 2 aromatic heterocycles. The topological polar surface area (TPSA) is 107 Å². The van der Waals surface area contributed by atoms with E-state index in [9.17, 15) is 4.79 Å². The van der Waals surface area contributed by atoms with Crippen LogP contribution in [0.4, 0.5) is 14.9 Å². The fourth-order valence-electron chi connectivity index (χ4n) is 4.41. The lowest BCUT2D eigenvalue weighted by molar-refractivity contribution is 0.0835. The van der Waals surface area contributed by atoms with Crippen LogP contribution in [0.1, 0.15) is 50.0 Å². The van der Waals surface area contributed by atoms with Gasteiger partial charge in [-0.25, -0.2) is 14.2 Å². The summed E-state index contributed by atoms with van der Waals surface area (Å²) in [5.41, 5.74) is 2.34. The highest BCUT2D eigenvalue weighted by Gasteiger charge is 2.26. The van der Waals surface area contributed by atoms with Crippen molar-refractivity contribution in [1.29, 1.82) is 0 Å². The third kappa shape index (κ3) is 5.38. The van der Waals surface area contributed by atoms with E-state index in [2.05, 4.69) is 10.3 Å². The number of ether oxygens (including phenoxy) is 3. The first kappa shape index (κ1) is 24.9. The zero-order valence-corrected chi connectivity index (χ0v) is 20.2. The number of methoxy groups -OCH3 is 1. The van der Waals surface area contributed by atoms with Crippen LogP contribution >= 0.6 is 0 Å². The molecule has 1 amide bonds. The summed E-state index contributed by atoms with van der Waals surface area (Å²) in [6.07, 6.45) is 5.16. The molecule has 1 aromatic carbocycles. The van der Waals surface area contributed by atoms with E-state index in [0.29, 0.717) is 31.7 Å². The molecular weight excluding hydrogens is 455 g/mol. The van der Waals surface area contributed by atoms with Crippen LogP contribution in [0.2, 0.25) is 0 Å². The van der Waals surface area contributed by atoms with Gasteiger partial charge in [-0.15, -0.1) is 0 Å². The molecule has 1 atom stereocenters. The maximum absolute atomic E-state index is 15.5. The van der Waals surface area contributed by atoms with Gasteiger partial charge in [0.2, 0.25) is 0 Å². The van der Waals surface area contributed by atoms with Crippen molar-refractivity contribution >= 4 is 17.3 Å². The highest BCUT2D eigenvalue weighted by molar-refractivity contribution is 5.89. The summed E-state index contributed by atoms with van der Waals surface area (Å²) in [5.74, 6) is 0.762. The van der Waals surface area contributed by atoms with Crippen molar-refractivity contribution in [2.45, 2.75) is 51.6 Å². The Balaban J connectivity index is 1.69. The largest absolute Gasteiger partial charge is 0.495 e. The fraction of sp³-hybridized carbons (Fsp3) is 0.480. The molecule has 0 bridgehead atoms. The van der Waals surface area contributed by atoms with Crippen molar-refractivity contribution in [3.8, 4) is 17.0 Å². The number of aliphatic hydroxyl groups is 1. The molecule has 0 saturated carbocycles. The number of nitrogens with one attached hydrogen (secondary N) is 1. The minimum Gasteiger partial charge on any atom is -0.495 e. The standard InChI is InChI=1S/C25H31FN4O5/c1-15(5-4-10-31)35-25(32)28-20-14-19(26)18(13-21(20)33-3)22-23-16(2)27-8-9-30(23)24(29-22)17-6-11-34-12-7-17/h8-9,13-15,17,31H,4-7,10-12H2,1-3H3,(H,28,32). The summed E-state index contributed by atoms with van der Waals surface area (Å²) >= 11 is 0. The number of imidazole rings is 1. The Labute approximate surface area is 203 Å². The van der Waals surface area contributed by atoms with Crippen LogP contribution in [0.25, 0.3) is 16.8 Å². The molecular formula is C25H31FN4O5. The lowest BCUT2D eigenvalue weighted by Crippen LogP contribution is -2.21. The number of aliphatic hydroxyl groups excluding tert-OH is 1. The van der Waals surface area contributed by atoms with E-state index >= 15 is 4.39 Å². The molecule has 1 fully saturated rings. The highest BCUT2D eigenvalue weighted by Crippen LogP contribution is 2.38. The number of carbonyl (C=O) groups excluding carboxylic acids is 1. The third-order valence-corrected chi connectivity index (χ3v) is 6.21. The van der Waals surface area contributed by atoms with Crippen LogP contribution in [0.5, 0.6) is 5.75 Å². The molecule has 188 valence electrons. The van der Waals surface area contributed by atoms with Gasteiger partial charge in [0.1, 0.15) is 29.2 Å². The number of rotatable bonds is 8. The first-order valence-corrected chi connectivity index (χ1v) is 11.8. The summed E-state index contributed by atoms with van der Waals surface area (Å²) in [5, 5.41) is 11.5. The number of halogens is 1. The van der Waals surface area contributed by atoms with Gasteiger partial charge in [0.05, 0.1) is 24.0 Å². The highest BCUT2D eigenvalue weighted by atomic mass is 19.1. The number of carbonyl (C=O) groups is 1. The van der Waals surface area contributed by atoms with Crippen LogP contribution in [0.15, 0.2) is 24.5 Å². The molecule has 1 aliphatic rings. The van der Waals surface area contributed by atoms with E-state index < -0.39 is 18.0 Å². The Hall–Kier alpha value is -3.24. The fourth-order valence-corrected chi connectivity index (χ4v) is 4.41. The average molecular weight is 487 g/mol. The Morgan fingerprint density at radius 2 is 2.14 bits per heavy atom. The molecule has 3 aromatic rings. The summed E-state index contributed by atoms with van der Waals surface area (Å²) in [4.78, 5) is 21.6. The molecule has 10 heteroatoms. The molecule has 1 unspecified atom stereocenters. The first-order valence-electron chi connectivity index (χ1n) is 11.8. The van der Waals surface area contributed by atoms with Crippen molar-refractivity contribution < 1.29 is 28.5 Å². The van der Waals surface area contributed by atoms with Gasteiger partial charge in [0.15, 0.2) is 0 Å². The summed E-state index contributed by atoms with van der Waals surface area (Å²) < 4.78 is 33.7. The van der Waals surface area contributed by atoms with Crippen molar-refractivity contribution in [3.63, 3.8) is 0 Å². The van der Waals surface area contributed by atoms with Gasteiger partial charge in [-0.1, -0.05) is 0 Å². The van der Waals surface area contributed by atoms with E-state index in [4.69, 9.17) is 24.3 Å². The second-order valence-electron chi connectivity index (χ2n) is 8.68. The van der Waals surface area contributed by atoms with Gasteiger partial charge >= 0.3 is 6.09 Å². The number of benzene rings is 1. The number of hydrogen-bond donors (Lipinski definition) is 2. The Morgan fingerprint density at radius 1 is 1.37 bits per heavy atom. The molecule has 35 heavy (non-hydrogen) atoms. The number of aromatic nitrogens is 3. The summed E-state index contributed by atoms with van der Waals surface area (Å²) in [7, 11) is 1.45. The SMILES string of the molecule is COc1cc(-c2nc(C3CCOCC3)n3ccnc(C)c23)c(F)cc1NC(=O)OC(C)CCCO. The zero-order valence-electron chi connectivity index (χ0n) is 20.2. The lowest BCUT2D eigenvalue weighted by atomic mass is 9.99. The van der Waals surface area contributed by atoms with Crippen molar-refractivity contribution in [3.05, 3.63) is 41.9 Å². The molecule has 0 aliphatic carbocycles. The van der Waals surface area contributed by atoms with Crippen LogP contribution < -0.4 is 10.1 Å². The van der Waals surface area contributed by atoms with Gasteiger partial charge in [-0.3, -0.25) is 14.7 Å². The normalized spacial score (nSPS) is 15.2. The molecule has 0 radical (unpaired) electrons. The maximum Gasteiger partial charge on any atom is 0.412 e. The maximum atomic E-state index is 15.5. The van der Waals surface area contributed by atoms with Gasteiger partial charge < -0.3 is 19.3 Å². The van der Waals surface area contributed by atoms with Gasteiger partial charge in [0, 0.05) is 49.8 Å². The number of hydrogen-bond acceptors (Lipinski definition) is 7. The minimum atomic E-state index is -0.727.